The van der Waals surface area contributed by atoms with Crippen LogP contribution in [0.3, 0.4) is 0 Å². The zero-order chi connectivity index (χ0) is 13.3. The molecule has 0 aliphatic carbocycles. The van der Waals surface area contributed by atoms with Gasteiger partial charge in [-0.15, -0.1) is 0 Å². The summed E-state index contributed by atoms with van der Waals surface area (Å²) in [7, 11) is 0. The normalized spacial score (nSPS) is 31.7. The van der Waals surface area contributed by atoms with E-state index >= 15 is 0 Å². The minimum Gasteiger partial charge on any atom is -0.394 e. The lowest BCUT2D eigenvalue weighted by Gasteiger charge is -2.15. The lowest BCUT2D eigenvalue weighted by atomic mass is 10.1. The highest BCUT2D eigenvalue weighted by molar-refractivity contribution is 4.95. The number of halogens is 1. The highest BCUT2D eigenvalue weighted by atomic mass is 19.1. The van der Waals surface area contributed by atoms with Crippen LogP contribution in [0.2, 0.25) is 0 Å². The number of aliphatic hydroxyl groups is 1. The SMILES string of the molecule is O=c1ccn([C@@H]2O[C@H](CO)[C@@H](NO)[C@H]2F)c(=O)[nH]1. The summed E-state index contributed by atoms with van der Waals surface area (Å²) in [6.07, 6.45) is -2.98. The van der Waals surface area contributed by atoms with Crippen LogP contribution in [-0.4, -0.2) is 44.8 Å². The Kier molecular flexibility index (Phi) is 3.57. The third-order valence-corrected chi connectivity index (χ3v) is 2.78. The second-order valence-electron chi connectivity index (χ2n) is 3.86. The number of hydrogen-bond acceptors (Lipinski definition) is 6. The van der Waals surface area contributed by atoms with Crippen molar-refractivity contribution in [3.8, 4) is 0 Å². The topological polar surface area (TPSA) is 117 Å². The van der Waals surface area contributed by atoms with Gasteiger partial charge in [-0.2, -0.15) is 5.48 Å². The van der Waals surface area contributed by atoms with Crippen molar-refractivity contribution in [3.63, 3.8) is 0 Å². The summed E-state index contributed by atoms with van der Waals surface area (Å²) in [6.45, 7) is -0.521. The highest BCUT2D eigenvalue weighted by Crippen LogP contribution is 2.30. The Morgan fingerprint density at radius 2 is 2.28 bits per heavy atom. The molecule has 4 N–H and O–H groups in total. The number of aromatic nitrogens is 2. The fourth-order valence-corrected chi connectivity index (χ4v) is 1.88. The number of ether oxygens (including phenoxy) is 1. The summed E-state index contributed by atoms with van der Waals surface area (Å²) in [4.78, 5) is 24.3. The molecule has 1 aromatic heterocycles. The van der Waals surface area contributed by atoms with Crippen LogP contribution >= 0.6 is 0 Å². The number of H-pyrrole nitrogens is 1. The molecule has 1 saturated heterocycles. The summed E-state index contributed by atoms with van der Waals surface area (Å²) < 4.78 is 19.9. The smallest absolute Gasteiger partial charge is 0.330 e. The van der Waals surface area contributed by atoms with Gasteiger partial charge in [0.2, 0.25) is 0 Å². The lowest BCUT2D eigenvalue weighted by molar-refractivity contribution is -0.0446. The molecule has 0 spiro atoms. The minimum absolute atomic E-state index is 0.521. The first-order valence-corrected chi connectivity index (χ1v) is 5.20. The van der Waals surface area contributed by atoms with Gasteiger partial charge in [0.15, 0.2) is 12.4 Å². The van der Waals surface area contributed by atoms with Gasteiger partial charge in [0.25, 0.3) is 5.56 Å². The van der Waals surface area contributed by atoms with E-state index < -0.39 is 42.4 Å². The average Bonchev–Trinajstić information content (AvgIpc) is 2.66. The highest BCUT2D eigenvalue weighted by Gasteiger charge is 2.46. The Hall–Kier alpha value is -1.55. The van der Waals surface area contributed by atoms with Crippen LogP contribution in [0.15, 0.2) is 21.9 Å². The molecule has 2 rings (SSSR count). The van der Waals surface area contributed by atoms with Crippen molar-refractivity contribution in [1.29, 1.82) is 0 Å². The van der Waals surface area contributed by atoms with Gasteiger partial charge in [-0.05, 0) is 0 Å². The molecule has 100 valence electrons. The maximum absolute atomic E-state index is 13.9. The third-order valence-electron chi connectivity index (χ3n) is 2.78. The van der Waals surface area contributed by atoms with Gasteiger partial charge >= 0.3 is 5.69 Å². The number of aliphatic hydroxyl groups excluding tert-OH is 1. The zero-order valence-electron chi connectivity index (χ0n) is 9.12. The Balaban J connectivity index is 2.34. The molecule has 1 aliphatic rings. The van der Waals surface area contributed by atoms with Gasteiger partial charge in [0.05, 0.1) is 12.6 Å². The minimum atomic E-state index is -1.75. The fraction of sp³-hybridized carbons (Fsp3) is 0.556. The number of hydroxylamine groups is 1. The van der Waals surface area contributed by atoms with Crippen molar-refractivity contribution in [2.45, 2.75) is 24.5 Å². The number of rotatable bonds is 3. The first-order chi connectivity index (χ1) is 8.58. The van der Waals surface area contributed by atoms with Gasteiger partial charge in [-0.25, -0.2) is 9.18 Å². The van der Waals surface area contributed by atoms with Gasteiger partial charge in [-0.3, -0.25) is 14.3 Å². The molecular weight excluding hydrogens is 249 g/mol. The van der Waals surface area contributed by atoms with E-state index in [1.165, 1.54) is 0 Å². The van der Waals surface area contributed by atoms with E-state index in [0.29, 0.717) is 0 Å². The molecule has 9 heteroatoms. The van der Waals surface area contributed by atoms with Crippen LogP contribution in [0.25, 0.3) is 0 Å². The van der Waals surface area contributed by atoms with Crippen molar-refractivity contribution in [2.24, 2.45) is 0 Å². The first kappa shape index (κ1) is 12.9. The molecule has 0 radical (unpaired) electrons. The van der Waals surface area contributed by atoms with E-state index in [0.717, 1.165) is 16.8 Å². The van der Waals surface area contributed by atoms with E-state index in [1.807, 2.05) is 4.98 Å². The molecule has 1 aromatic rings. The van der Waals surface area contributed by atoms with Crippen molar-refractivity contribution in [2.75, 3.05) is 6.61 Å². The van der Waals surface area contributed by atoms with E-state index in [1.54, 1.807) is 5.48 Å². The Morgan fingerprint density at radius 3 is 2.78 bits per heavy atom. The average molecular weight is 261 g/mol. The van der Waals surface area contributed by atoms with Crippen LogP contribution in [0.4, 0.5) is 4.39 Å². The van der Waals surface area contributed by atoms with Gasteiger partial charge < -0.3 is 15.1 Å². The maximum Gasteiger partial charge on any atom is 0.330 e. The molecule has 0 unspecified atom stereocenters. The molecule has 0 aromatic carbocycles. The van der Waals surface area contributed by atoms with Crippen LogP contribution < -0.4 is 16.7 Å². The van der Waals surface area contributed by atoms with E-state index in [2.05, 4.69) is 0 Å². The summed E-state index contributed by atoms with van der Waals surface area (Å²) in [6, 6.07) is -0.107. The van der Waals surface area contributed by atoms with Gasteiger partial charge in [0.1, 0.15) is 6.10 Å². The van der Waals surface area contributed by atoms with E-state index in [4.69, 9.17) is 15.1 Å². The summed E-state index contributed by atoms with van der Waals surface area (Å²) in [5.74, 6) is 0. The monoisotopic (exact) mass is 261 g/mol. The second-order valence-corrected chi connectivity index (χ2v) is 3.86. The van der Waals surface area contributed by atoms with E-state index in [9.17, 15) is 14.0 Å². The van der Waals surface area contributed by atoms with Gasteiger partial charge in [-0.1, -0.05) is 0 Å². The van der Waals surface area contributed by atoms with Crippen molar-refractivity contribution < 1.29 is 19.4 Å². The number of nitrogens with one attached hydrogen (secondary N) is 2. The molecule has 8 nitrogen and oxygen atoms in total. The third kappa shape index (κ3) is 2.08. The number of nitrogens with zero attached hydrogens (tertiary/aromatic N) is 1. The Bertz CT molecular complexity index is 529. The quantitative estimate of drug-likeness (QED) is 0.473. The summed E-state index contributed by atoms with van der Waals surface area (Å²) in [5.41, 5.74) is 0.259. The number of aromatic amines is 1. The molecule has 2 heterocycles. The van der Waals surface area contributed by atoms with Crippen LogP contribution in [0.5, 0.6) is 0 Å². The van der Waals surface area contributed by atoms with E-state index in [-0.39, 0.29) is 0 Å². The molecule has 0 amide bonds. The summed E-state index contributed by atoms with van der Waals surface area (Å²) >= 11 is 0. The van der Waals surface area contributed by atoms with Crippen LogP contribution in [0, 0.1) is 0 Å². The lowest BCUT2D eigenvalue weighted by Crippen LogP contribution is -2.43. The molecule has 4 atom stereocenters. The molecule has 1 aliphatic heterocycles. The van der Waals surface area contributed by atoms with Crippen LogP contribution in [-0.2, 0) is 4.74 Å². The zero-order valence-corrected chi connectivity index (χ0v) is 9.12. The summed E-state index contributed by atoms with van der Waals surface area (Å²) in [5, 5.41) is 17.8. The molecule has 1 fully saturated rings. The maximum atomic E-state index is 13.9. The molecule has 0 bridgehead atoms. The molecular formula is C9H12FN3O5. The Morgan fingerprint density at radius 1 is 1.56 bits per heavy atom. The molecule has 18 heavy (non-hydrogen) atoms. The molecule has 0 saturated carbocycles. The van der Waals surface area contributed by atoms with Crippen molar-refractivity contribution in [3.05, 3.63) is 33.1 Å². The van der Waals surface area contributed by atoms with Crippen molar-refractivity contribution in [1.82, 2.24) is 15.0 Å². The Labute approximate surface area is 99.6 Å². The predicted molar refractivity (Wildman–Crippen MR) is 55.9 cm³/mol. The fourth-order valence-electron chi connectivity index (χ4n) is 1.88. The number of hydrogen-bond donors (Lipinski definition) is 4. The first-order valence-electron chi connectivity index (χ1n) is 5.20. The standard InChI is InChI=1S/C9H12FN3O5/c10-6-7(12-17)4(3-14)18-8(6)13-2-1-5(15)11-9(13)16/h1-2,4,6-8,12,14,17H,3H2,(H,11,15,16)/t4-,6-,7-,8-/m1/s1. The number of alkyl halides is 1. The van der Waals surface area contributed by atoms with Gasteiger partial charge in [0, 0.05) is 12.3 Å². The predicted octanol–water partition coefficient (Wildman–Crippen LogP) is -1.89. The largest absolute Gasteiger partial charge is 0.394 e. The van der Waals surface area contributed by atoms with Crippen molar-refractivity contribution >= 4 is 0 Å². The van der Waals surface area contributed by atoms with Crippen LogP contribution in [0.1, 0.15) is 6.23 Å². The second kappa shape index (κ2) is 4.98.